The number of carbonyl (C=O) groups is 1. The molecule has 6 nitrogen and oxygen atoms in total. The third kappa shape index (κ3) is 3.56. The molecule has 0 saturated heterocycles. The highest BCUT2D eigenvalue weighted by atomic mass is 35.5. The molecule has 0 spiro atoms. The van der Waals surface area contributed by atoms with Crippen molar-refractivity contribution in [1.82, 2.24) is 19.3 Å². The van der Waals surface area contributed by atoms with Crippen LogP contribution >= 0.6 is 11.6 Å². The highest BCUT2D eigenvalue weighted by Crippen LogP contribution is 2.31. The molecular weight excluding hydrogens is 407 g/mol. The van der Waals surface area contributed by atoms with Gasteiger partial charge in [-0.05, 0) is 42.5 Å². The zero-order chi connectivity index (χ0) is 20.8. The van der Waals surface area contributed by atoms with Crippen molar-refractivity contribution in [3.05, 3.63) is 71.3 Å². The Morgan fingerprint density at radius 2 is 1.97 bits per heavy atom. The largest absolute Gasteiger partial charge is 0.449 e. The standard InChI is InChI=1S/C19H13ClF3N5O/c1-27-16-6-3-11(9-15(16)26-18(27)19(21,22)23)25-17(29)13-10-12(4-5-14(13)20)28-8-2-7-24-28/h2-10H,1H3,(H,25,29). The Labute approximate surface area is 167 Å². The fraction of sp³-hybridized carbons (Fsp3) is 0.105. The molecule has 0 fully saturated rings. The Balaban J connectivity index is 1.65. The average molecular weight is 420 g/mol. The molecule has 0 radical (unpaired) electrons. The maximum atomic E-state index is 13.0. The smallest absolute Gasteiger partial charge is 0.323 e. The number of nitrogens with one attached hydrogen (secondary N) is 1. The molecule has 2 aromatic heterocycles. The van der Waals surface area contributed by atoms with Crippen LogP contribution in [0.2, 0.25) is 5.02 Å². The number of alkyl halides is 3. The van der Waals surface area contributed by atoms with E-state index in [4.69, 9.17) is 11.6 Å². The fourth-order valence-corrected chi connectivity index (χ4v) is 3.18. The molecule has 0 aliphatic carbocycles. The number of fused-ring (bicyclic) bond motifs is 1. The number of benzene rings is 2. The summed E-state index contributed by atoms with van der Waals surface area (Å²) in [5.74, 6) is -1.51. The van der Waals surface area contributed by atoms with Gasteiger partial charge in [-0.25, -0.2) is 9.67 Å². The van der Waals surface area contributed by atoms with Crippen LogP contribution in [0.25, 0.3) is 16.7 Å². The van der Waals surface area contributed by atoms with E-state index >= 15 is 0 Å². The van der Waals surface area contributed by atoms with Crippen molar-refractivity contribution in [1.29, 1.82) is 0 Å². The Hall–Kier alpha value is -3.33. The van der Waals surface area contributed by atoms with Gasteiger partial charge in [-0.3, -0.25) is 4.79 Å². The lowest BCUT2D eigenvalue weighted by molar-refractivity contribution is -0.146. The van der Waals surface area contributed by atoms with Gasteiger partial charge in [0.1, 0.15) is 0 Å². The Morgan fingerprint density at radius 1 is 1.17 bits per heavy atom. The predicted molar refractivity (Wildman–Crippen MR) is 102 cm³/mol. The molecule has 148 valence electrons. The van der Waals surface area contributed by atoms with Gasteiger partial charge in [-0.2, -0.15) is 18.3 Å². The summed E-state index contributed by atoms with van der Waals surface area (Å²) in [5.41, 5.74) is 1.56. The van der Waals surface area contributed by atoms with E-state index in [9.17, 15) is 18.0 Å². The predicted octanol–water partition coefficient (Wildman–Crippen LogP) is 4.68. The van der Waals surface area contributed by atoms with Crippen LogP contribution in [0.3, 0.4) is 0 Å². The number of aromatic nitrogens is 4. The van der Waals surface area contributed by atoms with Gasteiger partial charge < -0.3 is 9.88 Å². The molecule has 0 aliphatic rings. The number of rotatable bonds is 3. The highest BCUT2D eigenvalue weighted by molar-refractivity contribution is 6.34. The van der Waals surface area contributed by atoms with E-state index in [1.807, 2.05) is 0 Å². The van der Waals surface area contributed by atoms with Gasteiger partial charge >= 0.3 is 6.18 Å². The van der Waals surface area contributed by atoms with Crippen molar-refractivity contribution in [3.63, 3.8) is 0 Å². The molecule has 4 rings (SSSR count). The zero-order valence-corrected chi connectivity index (χ0v) is 15.7. The van der Waals surface area contributed by atoms with Crippen LogP contribution in [-0.4, -0.2) is 25.2 Å². The second-order valence-electron chi connectivity index (χ2n) is 6.26. The fourth-order valence-electron chi connectivity index (χ4n) is 2.98. The van der Waals surface area contributed by atoms with Gasteiger partial charge in [-0.15, -0.1) is 0 Å². The summed E-state index contributed by atoms with van der Waals surface area (Å²) < 4.78 is 41.7. The lowest BCUT2D eigenvalue weighted by Crippen LogP contribution is -2.13. The summed E-state index contributed by atoms with van der Waals surface area (Å²) in [6, 6.07) is 11.0. The maximum absolute atomic E-state index is 13.0. The van der Waals surface area contributed by atoms with Gasteiger partial charge in [0.15, 0.2) is 0 Å². The summed E-state index contributed by atoms with van der Waals surface area (Å²) in [6.07, 6.45) is -1.25. The number of anilines is 1. The van der Waals surface area contributed by atoms with Crippen LogP contribution in [0, 0.1) is 0 Å². The molecule has 0 bridgehead atoms. The summed E-state index contributed by atoms with van der Waals surface area (Å²) in [6.45, 7) is 0. The van der Waals surface area contributed by atoms with Crippen molar-refractivity contribution in [2.75, 3.05) is 5.32 Å². The van der Waals surface area contributed by atoms with Crippen molar-refractivity contribution in [2.45, 2.75) is 6.18 Å². The van der Waals surface area contributed by atoms with E-state index in [1.165, 1.54) is 25.2 Å². The molecule has 29 heavy (non-hydrogen) atoms. The lowest BCUT2D eigenvalue weighted by Gasteiger charge is -2.09. The molecule has 10 heteroatoms. The molecule has 0 aliphatic heterocycles. The maximum Gasteiger partial charge on any atom is 0.449 e. The number of hydrogen-bond donors (Lipinski definition) is 1. The summed E-state index contributed by atoms with van der Waals surface area (Å²) in [5, 5.41) is 6.99. The SMILES string of the molecule is Cn1c(C(F)(F)F)nc2cc(NC(=O)c3cc(-n4cccn4)ccc3Cl)ccc21. The van der Waals surface area contributed by atoms with Crippen LogP contribution in [-0.2, 0) is 13.2 Å². The molecule has 1 amide bonds. The monoisotopic (exact) mass is 419 g/mol. The van der Waals surface area contributed by atoms with E-state index in [-0.39, 0.29) is 16.1 Å². The Bertz CT molecular complexity index is 1210. The lowest BCUT2D eigenvalue weighted by atomic mass is 10.1. The van der Waals surface area contributed by atoms with Crippen LogP contribution < -0.4 is 5.32 Å². The van der Waals surface area contributed by atoms with Gasteiger partial charge in [0.25, 0.3) is 5.91 Å². The van der Waals surface area contributed by atoms with Crippen LogP contribution in [0.15, 0.2) is 54.9 Å². The van der Waals surface area contributed by atoms with Crippen LogP contribution in [0.4, 0.5) is 18.9 Å². The van der Waals surface area contributed by atoms with Crippen LogP contribution in [0.5, 0.6) is 0 Å². The normalized spacial score (nSPS) is 11.8. The van der Waals surface area contributed by atoms with Crippen molar-refractivity contribution in [3.8, 4) is 5.69 Å². The number of aryl methyl sites for hydroxylation is 1. The van der Waals surface area contributed by atoms with E-state index in [2.05, 4.69) is 15.4 Å². The number of carbonyl (C=O) groups excluding carboxylic acids is 1. The second kappa shape index (κ2) is 6.93. The van der Waals surface area contributed by atoms with E-state index in [1.54, 1.807) is 41.3 Å². The van der Waals surface area contributed by atoms with Crippen molar-refractivity contribution in [2.24, 2.45) is 7.05 Å². The Morgan fingerprint density at radius 3 is 2.66 bits per heavy atom. The topological polar surface area (TPSA) is 64.7 Å². The molecule has 2 aromatic carbocycles. The number of halogens is 4. The van der Waals surface area contributed by atoms with Gasteiger partial charge in [-0.1, -0.05) is 11.6 Å². The number of nitrogens with zero attached hydrogens (tertiary/aromatic N) is 4. The van der Waals surface area contributed by atoms with Gasteiger partial charge in [0.2, 0.25) is 5.82 Å². The molecule has 0 atom stereocenters. The molecule has 0 unspecified atom stereocenters. The first-order valence-corrected chi connectivity index (χ1v) is 8.76. The third-order valence-corrected chi connectivity index (χ3v) is 4.69. The average Bonchev–Trinajstić information content (AvgIpc) is 3.30. The number of amides is 1. The minimum Gasteiger partial charge on any atom is -0.323 e. The van der Waals surface area contributed by atoms with Crippen molar-refractivity contribution < 1.29 is 18.0 Å². The van der Waals surface area contributed by atoms with Crippen molar-refractivity contribution >= 4 is 34.2 Å². The van der Waals surface area contributed by atoms with E-state index in [0.29, 0.717) is 16.9 Å². The minimum absolute atomic E-state index is 0.119. The third-order valence-electron chi connectivity index (χ3n) is 4.36. The number of hydrogen-bond acceptors (Lipinski definition) is 3. The van der Waals surface area contributed by atoms with Gasteiger partial charge in [0, 0.05) is 25.1 Å². The zero-order valence-electron chi connectivity index (χ0n) is 14.9. The minimum atomic E-state index is -4.57. The first-order valence-electron chi connectivity index (χ1n) is 8.38. The highest BCUT2D eigenvalue weighted by Gasteiger charge is 2.36. The molecule has 4 aromatic rings. The summed E-state index contributed by atoms with van der Waals surface area (Å²) >= 11 is 6.16. The number of imidazole rings is 1. The van der Waals surface area contributed by atoms with E-state index in [0.717, 1.165) is 4.57 Å². The Kier molecular flexibility index (Phi) is 4.54. The first-order chi connectivity index (χ1) is 13.7. The molecular formula is C19H13ClF3N5O. The molecule has 1 N–H and O–H groups in total. The quantitative estimate of drug-likeness (QED) is 0.524. The van der Waals surface area contributed by atoms with Gasteiger partial charge in [0.05, 0.1) is 27.3 Å². The second-order valence-corrected chi connectivity index (χ2v) is 6.67. The summed E-state index contributed by atoms with van der Waals surface area (Å²) in [7, 11) is 1.29. The molecule has 0 saturated carbocycles. The molecule has 2 heterocycles. The summed E-state index contributed by atoms with van der Waals surface area (Å²) in [4.78, 5) is 16.3. The van der Waals surface area contributed by atoms with E-state index < -0.39 is 17.9 Å². The van der Waals surface area contributed by atoms with Crippen LogP contribution in [0.1, 0.15) is 16.2 Å². The first kappa shape index (κ1) is 19.0.